The molecule has 0 aliphatic rings. The Morgan fingerprint density at radius 1 is 1.29 bits per heavy atom. The Morgan fingerprint density at radius 2 is 2.05 bits per heavy atom. The molecule has 0 radical (unpaired) electrons. The summed E-state index contributed by atoms with van der Waals surface area (Å²) in [5.41, 5.74) is 0.751. The van der Waals surface area contributed by atoms with Crippen molar-refractivity contribution in [3.63, 3.8) is 0 Å². The highest BCUT2D eigenvalue weighted by Gasteiger charge is 2.21. The molecule has 0 fully saturated rings. The number of aliphatic hydroxyl groups excluding tert-OH is 1. The molecule has 0 unspecified atom stereocenters. The highest BCUT2D eigenvalue weighted by Crippen LogP contribution is 2.29. The van der Waals surface area contributed by atoms with Crippen LogP contribution in [0, 0.1) is 0 Å². The molecule has 112 valence electrons. The molecule has 0 atom stereocenters. The molecule has 0 saturated carbocycles. The van der Waals surface area contributed by atoms with Crippen molar-refractivity contribution in [3.8, 4) is 0 Å². The molecule has 9 heteroatoms. The van der Waals surface area contributed by atoms with Gasteiger partial charge in [0.05, 0.1) is 23.9 Å². The summed E-state index contributed by atoms with van der Waals surface area (Å²) in [6, 6.07) is 4.22. The molecular formula is C12H11Cl2N3O3S. The number of hydrogen-bond acceptors (Lipinski definition) is 5. The Bertz CT molecular complexity index is 739. The van der Waals surface area contributed by atoms with E-state index in [1.165, 1.54) is 24.7 Å². The third-order valence-electron chi connectivity index (χ3n) is 2.63. The van der Waals surface area contributed by atoms with Crippen LogP contribution in [-0.2, 0) is 23.2 Å². The molecule has 0 amide bonds. The summed E-state index contributed by atoms with van der Waals surface area (Å²) < 4.78 is 26.9. The number of nitrogens with zero attached hydrogens (tertiary/aromatic N) is 2. The van der Waals surface area contributed by atoms with E-state index in [0.29, 0.717) is 5.69 Å². The van der Waals surface area contributed by atoms with Crippen molar-refractivity contribution in [2.75, 3.05) is 0 Å². The minimum absolute atomic E-state index is 0.0118. The Morgan fingerprint density at radius 3 is 2.67 bits per heavy atom. The van der Waals surface area contributed by atoms with Crippen LogP contribution in [0.2, 0.25) is 10.0 Å². The summed E-state index contributed by atoms with van der Waals surface area (Å²) in [5, 5.41) is 9.28. The molecule has 2 rings (SSSR count). The van der Waals surface area contributed by atoms with E-state index in [0.717, 1.165) is 0 Å². The molecule has 0 aliphatic carbocycles. The van der Waals surface area contributed by atoms with Gasteiger partial charge in [0.25, 0.3) is 0 Å². The fourth-order valence-electron chi connectivity index (χ4n) is 1.60. The number of benzene rings is 1. The van der Waals surface area contributed by atoms with Crippen LogP contribution in [0.3, 0.4) is 0 Å². The number of sulfonamides is 1. The van der Waals surface area contributed by atoms with Crippen molar-refractivity contribution in [2.45, 2.75) is 18.0 Å². The Hall–Kier alpha value is -1.25. The second-order valence-corrected chi connectivity index (χ2v) is 6.61. The smallest absolute Gasteiger partial charge is 0.242 e. The minimum atomic E-state index is -3.88. The summed E-state index contributed by atoms with van der Waals surface area (Å²) in [7, 11) is -3.88. The number of aliphatic hydroxyl groups is 1. The van der Waals surface area contributed by atoms with Gasteiger partial charge in [-0.25, -0.2) is 23.1 Å². The summed E-state index contributed by atoms with van der Waals surface area (Å²) >= 11 is 11.8. The summed E-state index contributed by atoms with van der Waals surface area (Å²) in [6.45, 7) is -0.421. The first-order valence-corrected chi connectivity index (χ1v) is 8.01. The zero-order valence-electron chi connectivity index (χ0n) is 10.6. The molecule has 0 bridgehead atoms. The van der Waals surface area contributed by atoms with E-state index < -0.39 is 16.6 Å². The van der Waals surface area contributed by atoms with E-state index in [2.05, 4.69) is 14.7 Å². The minimum Gasteiger partial charge on any atom is -0.392 e. The Labute approximate surface area is 131 Å². The van der Waals surface area contributed by atoms with E-state index in [1.807, 2.05) is 0 Å². The Kier molecular flexibility index (Phi) is 5.13. The van der Waals surface area contributed by atoms with Crippen molar-refractivity contribution in [1.29, 1.82) is 0 Å². The third kappa shape index (κ3) is 3.90. The zero-order chi connectivity index (χ0) is 15.5. The lowest BCUT2D eigenvalue weighted by Gasteiger charge is -2.11. The van der Waals surface area contributed by atoms with Crippen molar-refractivity contribution in [3.05, 3.63) is 52.0 Å². The van der Waals surface area contributed by atoms with Gasteiger partial charge < -0.3 is 5.11 Å². The Balaban J connectivity index is 2.30. The quantitative estimate of drug-likeness (QED) is 0.859. The molecule has 1 aromatic carbocycles. The molecule has 0 aliphatic heterocycles. The predicted octanol–water partition coefficient (Wildman–Crippen LogP) is 1.75. The maximum Gasteiger partial charge on any atom is 0.242 e. The van der Waals surface area contributed by atoms with Gasteiger partial charge in [0.1, 0.15) is 11.2 Å². The number of nitrogens with one attached hydrogen (secondary N) is 1. The third-order valence-corrected chi connectivity index (χ3v) is 4.83. The first-order valence-electron chi connectivity index (χ1n) is 5.77. The second-order valence-electron chi connectivity index (χ2n) is 4.06. The lowest BCUT2D eigenvalue weighted by atomic mass is 10.2. The largest absolute Gasteiger partial charge is 0.392 e. The van der Waals surface area contributed by atoms with Crippen LogP contribution in [0.25, 0.3) is 0 Å². The van der Waals surface area contributed by atoms with Gasteiger partial charge in [-0.15, -0.1) is 0 Å². The molecule has 2 N–H and O–H groups in total. The maximum atomic E-state index is 12.3. The lowest BCUT2D eigenvalue weighted by Crippen LogP contribution is -2.24. The molecule has 0 saturated heterocycles. The first kappa shape index (κ1) is 16.1. The van der Waals surface area contributed by atoms with E-state index in [1.54, 1.807) is 6.07 Å². The van der Waals surface area contributed by atoms with Crippen molar-refractivity contribution in [2.24, 2.45) is 0 Å². The average Bonchev–Trinajstić information content (AvgIpc) is 2.48. The van der Waals surface area contributed by atoms with E-state index in [-0.39, 0.29) is 27.0 Å². The van der Waals surface area contributed by atoms with Crippen molar-refractivity contribution < 1.29 is 13.5 Å². The topological polar surface area (TPSA) is 92.2 Å². The highest BCUT2D eigenvalue weighted by atomic mass is 35.5. The van der Waals surface area contributed by atoms with Crippen molar-refractivity contribution >= 4 is 33.2 Å². The SMILES string of the molecule is O=S(=O)(NCc1ccncn1)c1cc(Cl)cc(CO)c1Cl. The molecule has 6 nitrogen and oxygen atoms in total. The van der Waals surface area contributed by atoms with Gasteiger partial charge in [0, 0.05) is 11.2 Å². The van der Waals surface area contributed by atoms with Gasteiger partial charge >= 0.3 is 0 Å². The van der Waals surface area contributed by atoms with Crippen LogP contribution in [0.5, 0.6) is 0 Å². The van der Waals surface area contributed by atoms with Gasteiger partial charge in [0.2, 0.25) is 10.0 Å². The molecule has 1 heterocycles. The predicted molar refractivity (Wildman–Crippen MR) is 78.4 cm³/mol. The number of rotatable bonds is 5. The van der Waals surface area contributed by atoms with Crippen LogP contribution in [0.4, 0.5) is 0 Å². The molecule has 21 heavy (non-hydrogen) atoms. The number of aromatic nitrogens is 2. The maximum absolute atomic E-state index is 12.3. The lowest BCUT2D eigenvalue weighted by molar-refractivity contribution is 0.281. The summed E-state index contributed by atoms with van der Waals surface area (Å²) in [4.78, 5) is 7.47. The van der Waals surface area contributed by atoms with E-state index in [9.17, 15) is 8.42 Å². The average molecular weight is 348 g/mol. The van der Waals surface area contributed by atoms with E-state index >= 15 is 0 Å². The van der Waals surface area contributed by atoms with Gasteiger partial charge in [-0.1, -0.05) is 23.2 Å². The van der Waals surface area contributed by atoms with Crippen molar-refractivity contribution in [1.82, 2.24) is 14.7 Å². The van der Waals surface area contributed by atoms with Crippen LogP contribution in [0.15, 0.2) is 35.6 Å². The van der Waals surface area contributed by atoms with E-state index in [4.69, 9.17) is 28.3 Å². The highest BCUT2D eigenvalue weighted by molar-refractivity contribution is 7.89. The van der Waals surface area contributed by atoms with Gasteiger partial charge in [-0.2, -0.15) is 0 Å². The monoisotopic (exact) mass is 347 g/mol. The van der Waals surface area contributed by atoms with Gasteiger partial charge in [0.15, 0.2) is 0 Å². The van der Waals surface area contributed by atoms with Crippen LogP contribution >= 0.6 is 23.2 Å². The molecule has 2 aromatic rings. The second kappa shape index (κ2) is 6.67. The van der Waals surface area contributed by atoms with Crippen LogP contribution in [0.1, 0.15) is 11.3 Å². The first-order chi connectivity index (χ1) is 9.94. The standard InChI is InChI=1S/C12H11Cl2N3O3S/c13-9-3-8(6-18)12(14)11(4-9)21(19,20)17-5-10-1-2-15-7-16-10/h1-4,7,17-18H,5-6H2. The van der Waals surface area contributed by atoms with Gasteiger partial charge in [-0.05, 0) is 23.8 Å². The molecule has 1 aromatic heterocycles. The molecular weight excluding hydrogens is 337 g/mol. The normalized spacial score (nSPS) is 11.6. The van der Waals surface area contributed by atoms with Crippen LogP contribution in [-0.4, -0.2) is 23.5 Å². The summed E-state index contributed by atoms with van der Waals surface area (Å²) in [5.74, 6) is 0. The fraction of sp³-hybridized carbons (Fsp3) is 0.167. The number of hydrogen-bond donors (Lipinski definition) is 2. The van der Waals surface area contributed by atoms with Crippen LogP contribution < -0.4 is 4.72 Å². The fourth-order valence-corrected chi connectivity index (χ4v) is 3.52. The zero-order valence-corrected chi connectivity index (χ0v) is 13.0. The molecule has 0 spiro atoms. The number of halogens is 2. The van der Waals surface area contributed by atoms with Gasteiger partial charge in [-0.3, -0.25) is 0 Å². The summed E-state index contributed by atoms with van der Waals surface area (Å²) in [6.07, 6.45) is 2.83.